The van der Waals surface area contributed by atoms with Gasteiger partial charge in [-0.25, -0.2) is 4.39 Å². The lowest BCUT2D eigenvalue weighted by Crippen LogP contribution is -2.44. The van der Waals surface area contributed by atoms with Gasteiger partial charge in [-0.3, -0.25) is 4.90 Å². The molecule has 0 amide bonds. The highest BCUT2D eigenvalue weighted by Gasteiger charge is 2.28. The highest BCUT2D eigenvalue weighted by Crippen LogP contribution is 2.30. The molecule has 2 nitrogen and oxygen atoms in total. The summed E-state index contributed by atoms with van der Waals surface area (Å²) in [6.07, 6.45) is 6.28. The highest BCUT2D eigenvalue weighted by molar-refractivity contribution is 5.27. The van der Waals surface area contributed by atoms with E-state index in [-0.39, 0.29) is 11.9 Å². The van der Waals surface area contributed by atoms with Crippen LogP contribution in [0, 0.1) is 12.7 Å². The van der Waals surface area contributed by atoms with Crippen molar-refractivity contribution in [1.29, 1.82) is 0 Å². The van der Waals surface area contributed by atoms with Gasteiger partial charge in [-0.1, -0.05) is 31.9 Å². The van der Waals surface area contributed by atoms with Crippen LogP contribution >= 0.6 is 0 Å². The molecule has 2 atom stereocenters. The van der Waals surface area contributed by atoms with E-state index in [0.717, 1.165) is 12.1 Å². The van der Waals surface area contributed by atoms with E-state index in [9.17, 15) is 4.39 Å². The Labute approximate surface area is 122 Å². The van der Waals surface area contributed by atoms with Crippen LogP contribution in [0.4, 0.5) is 4.39 Å². The van der Waals surface area contributed by atoms with Crippen LogP contribution in [0.1, 0.15) is 56.2 Å². The second-order valence-electron chi connectivity index (χ2n) is 5.94. The summed E-state index contributed by atoms with van der Waals surface area (Å²) in [6.45, 7) is 5.78. The molecule has 0 aromatic heterocycles. The zero-order valence-electron chi connectivity index (χ0n) is 12.7. The molecule has 1 heterocycles. The van der Waals surface area contributed by atoms with Crippen LogP contribution in [0.5, 0.6) is 0 Å². The van der Waals surface area contributed by atoms with Crippen molar-refractivity contribution < 1.29 is 4.39 Å². The number of hydrogen-bond acceptors (Lipinski definition) is 2. The van der Waals surface area contributed by atoms with Crippen LogP contribution < -0.4 is 5.73 Å². The normalized spacial score (nSPS) is 21.9. The number of piperidine rings is 1. The molecule has 0 bridgehead atoms. The molecular weight excluding hydrogens is 251 g/mol. The summed E-state index contributed by atoms with van der Waals surface area (Å²) in [5.74, 6) is -0.131. The molecule has 1 aliphatic heterocycles. The molecule has 1 aromatic rings. The van der Waals surface area contributed by atoms with Gasteiger partial charge in [-0.2, -0.15) is 0 Å². The smallest absolute Gasteiger partial charge is 0.126 e. The van der Waals surface area contributed by atoms with E-state index in [1.165, 1.54) is 32.1 Å². The first kappa shape index (κ1) is 15.5. The average molecular weight is 278 g/mol. The second-order valence-corrected chi connectivity index (χ2v) is 5.94. The Morgan fingerprint density at radius 1 is 1.40 bits per heavy atom. The average Bonchev–Trinajstić information content (AvgIpc) is 2.45. The zero-order chi connectivity index (χ0) is 14.5. The van der Waals surface area contributed by atoms with Gasteiger partial charge in [0.05, 0.1) is 0 Å². The second kappa shape index (κ2) is 7.19. The lowest BCUT2D eigenvalue weighted by molar-refractivity contribution is 0.0912. The molecule has 1 aromatic carbocycles. The molecule has 20 heavy (non-hydrogen) atoms. The Hall–Kier alpha value is -0.930. The first-order valence-electron chi connectivity index (χ1n) is 7.89. The van der Waals surface area contributed by atoms with Crippen LogP contribution in [0.3, 0.4) is 0 Å². The molecule has 1 saturated heterocycles. The van der Waals surface area contributed by atoms with Gasteiger partial charge in [0, 0.05) is 18.6 Å². The molecule has 0 spiro atoms. The quantitative estimate of drug-likeness (QED) is 0.888. The first-order chi connectivity index (χ1) is 9.67. The number of aryl methyl sites for hydroxylation is 1. The zero-order valence-corrected chi connectivity index (χ0v) is 12.7. The minimum Gasteiger partial charge on any atom is -0.329 e. The van der Waals surface area contributed by atoms with Gasteiger partial charge in [0.2, 0.25) is 0 Å². The summed E-state index contributed by atoms with van der Waals surface area (Å²) < 4.78 is 13.5. The SMILES string of the molecule is CCCC1CCCCN1C(CN)c1ccc(F)c(C)c1. The molecule has 0 saturated carbocycles. The standard InChI is InChI=1S/C17H27FN2/c1-3-6-15-7-4-5-10-20(15)17(12-19)14-8-9-16(18)13(2)11-14/h8-9,11,15,17H,3-7,10,12,19H2,1-2H3. The van der Waals surface area contributed by atoms with Gasteiger partial charge in [0.25, 0.3) is 0 Å². The van der Waals surface area contributed by atoms with E-state index in [4.69, 9.17) is 5.73 Å². The topological polar surface area (TPSA) is 29.3 Å². The Kier molecular flexibility index (Phi) is 5.55. The minimum absolute atomic E-state index is 0.131. The van der Waals surface area contributed by atoms with E-state index in [1.54, 1.807) is 6.07 Å². The van der Waals surface area contributed by atoms with Crippen LogP contribution in [-0.4, -0.2) is 24.0 Å². The molecule has 0 radical (unpaired) electrons. The number of rotatable bonds is 5. The highest BCUT2D eigenvalue weighted by atomic mass is 19.1. The van der Waals surface area contributed by atoms with Gasteiger partial charge >= 0.3 is 0 Å². The number of hydrogen-bond donors (Lipinski definition) is 1. The fourth-order valence-electron chi connectivity index (χ4n) is 3.41. The number of likely N-dealkylation sites (tertiary alicyclic amines) is 1. The van der Waals surface area contributed by atoms with Crippen molar-refractivity contribution in [3.63, 3.8) is 0 Å². The van der Waals surface area contributed by atoms with Crippen molar-refractivity contribution in [2.24, 2.45) is 5.73 Å². The predicted molar refractivity (Wildman–Crippen MR) is 82.2 cm³/mol. The van der Waals surface area contributed by atoms with Crippen molar-refractivity contribution in [1.82, 2.24) is 4.90 Å². The fraction of sp³-hybridized carbons (Fsp3) is 0.647. The van der Waals surface area contributed by atoms with Gasteiger partial charge in [-0.05, 0) is 49.9 Å². The third kappa shape index (κ3) is 3.39. The molecular formula is C17H27FN2. The molecule has 2 rings (SSSR count). The molecule has 112 valence electrons. The Balaban J connectivity index is 2.22. The van der Waals surface area contributed by atoms with Gasteiger partial charge < -0.3 is 5.73 Å². The summed E-state index contributed by atoms with van der Waals surface area (Å²) in [5.41, 5.74) is 7.92. The molecule has 2 unspecified atom stereocenters. The lowest BCUT2D eigenvalue weighted by Gasteiger charge is -2.41. The van der Waals surface area contributed by atoms with Gasteiger partial charge in [0.15, 0.2) is 0 Å². The summed E-state index contributed by atoms with van der Waals surface area (Å²) in [6, 6.07) is 6.30. The van der Waals surface area contributed by atoms with Crippen molar-refractivity contribution >= 4 is 0 Å². The summed E-state index contributed by atoms with van der Waals surface area (Å²) >= 11 is 0. The lowest BCUT2D eigenvalue weighted by atomic mass is 9.93. The van der Waals surface area contributed by atoms with Crippen molar-refractivity contribution in [2.45, 2.75) is 58.0 Å². The Morgan fingerprint density at radius 2 is 2.20 bits per heavy atom. The van der Waals surface area contributed by atoms with Gasteiger partial charge in [-0.15, -0.1) is 0 Å². The fourth-order valence-corrected chi connectivity index (χ4v) is 3.41. The Bertz CT molecular complexity index is 431. The monoisotopic (exact) mass is 278 g/mol. The summed E-state index contributed by atoms with van der Waals surface area (Å²) in [7, 11) is 0. The number of benzene rings is 1. The van der Waals surface area contributed by atoms with Crippen LogP contribution in [0.25, 0.3) is 0 Å². The maximum atomic E-state index is 13.5. The number of nitrogens with two attached hydrogens (primary N) is 1. The molecule has 3 heteroatoms. The van der Waals surface area contributed by atoms with Crippen molar-refractivity contribution in [2.75, 3.05) is 13.1 Å². The third-order valence-corrected chi connectivity index (χ3v) is 4.48. The van der Waals surface area contributed by atoms with E-state index in [1.807, 2.05) is 19.1 Å². The number of halogens is 1. The third-order valence-electron chi connectivity index (χ3n) is 4.48. The molecule has 0 aliphatic carbocycles. The maximum absolute atomic E-state index is 13.5. The number of nitrogens with zero attached hydrogens (tertiary/aromatic N) is 1. The van der Waals surface area contributed by atoms with Crippen molar-refractivity contribution in [3.8, 4) is 0 Å². The predicted octanol–water partition coefficient (Wildman–Crippen LogP) is 3.79. The first-order valence-corrected chi connectivity index (χ1v) is 7.89. The molecule has 1 fully saturated rings. The largest absolute Gasteiger partial charge is 0.329 e. The van der Waals surface area contributed by atoms with Crippen LogP contribution in [0.15, 0.2) is 18.2 Å². The van der Waals surface area contributed by atoms with E-state index in [2.05, 4.69) is 11.8 Å². The minimum atomic E-state index is -0.131. The molecule has 2 N–H and O–H groups in total. The van der Waals surface area contributed by atoms with E-state index in [0.29, 0.717) is 18.2 Å². The summed E-state index contributed by atoms with van der Waals surface area (Å²) in [4.78, 5) is 2.56. The van der Waals surface area contributed by atoms with Crippen LogP contribution in [0.2, 0.25) is 0 Å². The van der Waals surface area contributed by atoms with Crippen molar-refractivity contribution in [3.05, 3.63) is 35.1 Å². The van der Waals surface area contributed by atoms with Gasteiger partial charge in [0.1, 0.15) is 5.82 Å². The van der Waals surface area contributed by atoms with Crippen LogP contribution in [-0.2, 0) is 0 Å². The maximum Gasteiger partial charge on any atom is 0.126 e. The van der Waals surface area contributed by atoms with E-state index >= 15 is 0 Å². The Morgan fingerprint density at radius 3 is 2.85 bits per heavy atom. The molecule has 1 aliphatic rings. The summed E-state index contributed by atoms with van der Waals surface area (Å²) in [5, 5.41) is 0. The van der Waals surface area contributed by atoms with E-state index < -0.39 is 0 Å².